The topological polar surface area (TPSA) is 125 Å². The van der Waals surface area contributed by atoms with Gasteiger partial charge in [0.1, 0.15) is 5.54 Å². The number of morpholine rings is 1. The number of carboxylic acid groups (broad SMARTS) is 1. The summed E-state index contributed by atoms with van der Waals surface area (Å²) in [5.74, 6) is -1.89. The fraction of sp³-hybridized carbons (Fsp3) is 0.375. The van der Waals surface area contributed by atoms with Gasteiger partial charge in [-0.3, -0.25) is 14.9 Å². The van der Waals surface area contributed by atoms with Crippen molar-refractivity contribution in [2.24, 2.45) is 0 Å². The van der Waals surface area contributed by atoms with Crippen LogP contribution in [0.2, 0.25) is 0 Å². The van der Waals surface area contributed by atoms with Crippen LogP contribution in [-0.2, 0) is 19.9 Å². The van der Waals surface area contributed by atoms with Crippen LogP contribution in [0.5, 0.6) is 0 Å². The Kier molecular flexibility index (Phi) is 4.17. The van der Waals surface area contributed by atoms with Gasteiger partial charge in [-0.25, -0.2) is 9.59 Å². The maximum absolute atomic E-state index is 12.5. The molecule has 4 amide bonds. The number of imide groups is 1. The molecule has 2 saturated heterocycles. The van der Waals surface area contributed by atoms with Gasteiger partial charge in [0, 0.05) is 12.1 Å². The molecule has 0 aromatic heterocycles. The van der Waals surface area contributed by atoms with Crippen LogP contribution in [0.3, 0.4) is 0 Å². The molecular weight excluding hydrogens is 330 g/mol. The highest BCUT2D eigenvalue weighted by Gasteiger charge is 2.43. The third-order valence-electron chi connectivity index (χ3n) is 4.38. The van der Waals surface area contributed by atoms with E-state index >= 15 is 0 Å². The first kappa shape index (κ1) is 16.9. The second-order valence-electron chi connectivity index (χ2n) is 6.06. The van der Waals surface area contributed by atoms with Crippen molar-refractivity contribution in [3.05, 3.63) is 35.4 Å². The first-order valence-electron chi connectivity index (χ1n) is 7.69. The SMILES string of the molecule is C[C@]1(c2ccc(C(=O)N3CCO[C@@H](C(=O)O)C3)cc2)NC(=O)NC1=O. The molecule has 2 aliphatic rings. The normalized spacial score (nSPS) is 26.1. The number of nitrogens with one attached hydrogen (secondary N) is 2. The van der Waals surface area contributed by atoms with Crippen molar-refractivity contribution in [2.75, 3.05) is 19.7 Å². The molecule has 2 fully saturated rings. The van der Waals surface area contributed by atoms with E-state index in [-0.39, 0.29) is 19.1 Å². The quantitative estimate of drug-likeness (QED) is 0.643. The van der Waals surface area contributed by atoms with Gasteiger partial charge in [0.25, 0.3) is 11.8 Å². The van der Waals surface area contributed by atoms with Gasteiger partial charge in [-0.05, 0) is 24.6 Å². The zero-order valence-electron chi connectivity index (χ0n) is 13.4. The molecule has 2 aliphatic heterocycles. The molecule has 0 bridgehead atoms. The summed E-state index contributed by atoms with van der Waals surface area (Å²) < 4.78 is 5.10. The third-order valence-corrected chi connectivity index (χ3v) is 4.38. The Morgan fingerprint density at radius 1 is 1.28 bits per heavy atom. The summed E-state index contributed by atoms with van der Waals surface area (Å²) in [7, 11) is 0. The van der Waals surface area contributed by atoms with Gasteiger partial charge in [-0.1, -0.05) is 12.1 Å². The molecule has 132 valence electrons. The van der Waals surface area contributed by atoms with E-state index in [0.29, 0.717) is 17.7 Å². The number of nitrogens with zero attached hydrogens (tertiary/aromatic N) is 1. The maximum Gasteiger partial charge on any atom is 0.334 e. The standard InChI is InChI=1S/C16H17N3O6/c1-16(14(23)17-15(24)18-16)10-4-2-9(3-5-10)12(20)19-6-7-25-11(8-19)13(21)22/h2-5,11H,6-8H2,1H3,(H,21,22)(H2,17,18,23,24)/t11-,16-/m1/s1. The molecule has 3 N–H and O–H groups in total. The molecule has 1 aromatic carbocycles. The lowest BCUT2D eigenvalue weighted by Crippen LogP contribution is -2.48. The lowest BCUT2D eigenvalue weighted by atomic mass is 9.91. The summed E-state index contributed by atoms with van der Waals surface area (Å²) in [5.41, 5.74) is -0.285. The Morgan fingerprint density at radius 3 is 2.52 bits per heavy atom. The van der Waals surface area contributed by atoms with Gasteiger partial charge in [-0.15, -0.1) is 0 Å². The first-order valence-corrected chi connectivity index (χ1v) is 7.69. The van der Waals surface area contributed by atoms with E-state index in [1.807, 2.05) is 0 Å². The predicted molar refractivity (Wildman–Crippen MR) is 83.7 cm³/mol. The highest BCUT2D eigenvalue weighted by Crippen LogP contribution is 2.25. The van der Waals surface area contributed by atoms with E-state index in [1.165, 1.54) is 4.90 Å². The Hall–Kier alpha value is -2.94. The average molecular weight is 347 g/mol. The lowest BCUT2D eigenvalue weighted by Gasteiger charge is -2.31. The molecule has 1 aromatic rings. The number of aliphatic carboxylic acids is 1. The fourth-order valence-electron chi connectivity index (χ4n) is 2.86. The number of hydrogen-bond donors (Lipinski definition) is 3. The molecule has 0 radical (unpaired) electrons. The Bertz CT molecular complexity index is 747. The largest absolute Gasteiger partial charge is 0.479 e. The van der Waals surface area contributed by atoms with E-state index in [2.05, 4.69) is 10.6 Å². The minimum Gasteiger partial charge on any atom is -0.479 e. The minimum absolute atomic E-state index is 0.0217. The van der Waals surface area contributed by atoms with Crippen LogP contribution in [0.1, 0.15) is 22.8 Å². The van der Waals surface area contributed by atoms with Crippen LogP contribution >= 0.6 is 0 Å². The lowest BCUT2D eigenvalue weighted by molar-refractivity contribution is -0.154. The molecule has 25 heavy (non-hydrogen) atoms. The van der Waals surface area contributed by atoms with Gasteiger partial charge < -0.3 is 20.1 Å². The van der Waals surface area contributed by atoms with Gasteiger partial charge in [0.2, 0.25) is 0 Å². The summed E-state index contributed by atoms with van der Waals surface area (Å²) in [6.45, 7) is 2.02. The van der Waals surface area contributed by atoms with Crippen LogP contribution in [0.4, 0.5) is 4.79 Å². The number of urea groups is 1. The number of carboxylic acids is 1. The second kappa shape index (κ2) is 6.17. The van der Waals surface area contributed by atoms with E-state index in [0.717, 1.165) is 0 Å². The highest BCUT2D eigenvalue weighted by atomic mass is 16.5. The van der Waals surface area contributed by atoms with Crippen LogP contribution < -0.4 is 10.6 Å². The summed E-state index contributed by atoms with van der Waals surface area (Å²) in [5, 5.41) is 13.7. The van der Waals surface area contributed by atoms with E-state index in [4.69, 9.17) is 9.84 Å². The van der Waals surface area contributed by atoms with Crippen molar-refractivity contribution < 1.29 is 29.0 Å². The van der Waals surface area contributed by atoms with Crippen molar-refractivity contribution >= 4 is 23.8 Å². The molecule has 0 unspecified atom stereocenters. The zero-order valence-corrected chi connectivity index (χ0v) is 13.4. The van der Waals surface area contributed by atoms with Crippen LogP contribution in [0, 0.1) is 0 Å². The van der Waals surface area contributed by atoms with Gasteiger partial charge >= 0.3 is 12.0 Å². The highest BCUT2D eigenvalue weighted by molar-refractivity contribution is 6.07. The van der Waals surface area contributed by atoms with Gasteiger partial charge in [0.05, 0.1) is 13.2 Å². The fourth-order valence-corrected chi connectivity index (χ4v) is 2.86. The zero-order chi connectivity index (χ0) is 18.2. The summed E-state index contributed by atoms with van der Waals surface area (Å²) in [4.78, 5) is 48.2. The van der Waals surface area contributed by atoms with Crippen LogP contribution in [0.25, 0.3) is 0 Å². The van der Waals surface area contributed by atoms with Gasteiger partial charge in [0.15, 0.2) is 6.10 Å². The molecule has 2 heterocycles. The number of rotatable bonds is 3. The Morgan fingerprint density at radius 2 is 1.96 bits per heavy atom. The minimum atomic E-state index is -1.19. The average Bonchev–Trinajstić information content (AvgIpc) is 2.87. The van der Waals surface area contributed by atoms with Crippen molar-refractivity contribution in [3.8, 4) is 0 Å². The molecule has 0 saturated carbocycles. The van der Waals surface area contributed by atoms with Crippen LogP contribution in [0.15, 0.2) is 24.3 Å². The maximum atomic E-state index is 12.5. The molecule has 3 rings (SSSR count). The molecule has 0 aliphatic carbocycles. The Balaban J connectivity index is 1.76. The molecule has 9 heteroatoms. The smallest absolute Gasteiger partial charge is 0.334 e. The number of hydrogen-bond acceptors (Lipinski definition) is 5. The van der Waals surface area contributed by atoms with E-state index < -0.39 is 29.6 Å². The van der Waals surface area contributed by atoms with E-state index in [1.54, 1.807) is 31.2 Å². The summed E-state index contributed by atoms with van der Waals surface area (Å²) >= 11 is 0. The number of carbonyl (C=O) groups excluding carboxylic acids is 3. The molecule has 9 nitrogen and oxygen atoms in total. The number of ether oxygens (including phenoxy) is 1. The second-order valence-corrected chi connectivity index (χ2v) is 6.06. The van der Waals surface area contributed by atoms with Crippen molar-refractivity contribution in [3.63, 3.8) is 0 Å². The number of benzene rings is 1. The molecule has 0 spiro atoms. The summed E-state index contributed by atoms with van der Waals surface area (Å²) in [6.07, 6.45) is -1.03. The monoisotopic (exact) mass is 347 g/mol. The van der Waals surface area contributed by atoms with Crippen LogP contribution in [-0.4, -0.2) is 59.6 Å². The van der Waals surface area contributed by atoms with Crippen molar-refractivity contribution in [1.29, 1.82) is 0 Å². The van der Waals surface area contributed by atoms with Crippen molar-refractivity contribution in [1.82, 2.24) is 15.5 Å². The van der Waals surface area contributed by atoms with Gasteiger partial charge in [-0.2, -0.15) is 0 Å². The van der Waals surface area contributed by atoms with E-state index in [9.17, 15) is 19.2 Å². The third kappa shape index (κ3) is 3.05. The van der Waals surface area contributed by atoms with Crippen molar-refractivity contribution in [2.45, 2.75) is 18.6 Å². The predicted octanol–water partition coefficient (Wildman–Crippen LogP) is -0.333. The summed E-state index contributed by atoms with van der Waals surface area (Å²) in [6, 6.07) is 5.71. The number of carbonyl (C=O) groups is 4. The molecule has 2 atom stereocenters. The Labute approximate surface area is 142 Å². The molecular formula is C16H17N3O6. The number of amides is 4. The first-order chi connectivity index (χ1) is 11.8.